The summed E-state index contributed by atoms with van der Waals surface area (Å²) in [6.07, 6.45) is 0. The van der Waals surface area contributed by atoms with Gasteiger partial charge in [0.05, 0.1) is 13.0 Å². The first kappa shape index (κ1) is 11.0. The molecular formula is C12H15NO3. The van der Waals surface area contributed by atoms with Crippen LogP contribution in [0.4, 0.5) is 0 Å². The molecule has 86 valence electrons. The number of nitrogens with one attached hydrogen (secondary N) is 1. The summed E-state index contributed by atoms with van der Waals surface area (Å²) in [6.45, 7) is 1.27. The van der Waals surface area contributed by atoms with Gasteiger partial charge in [-0.3, -0.25) is 4.79 Å². The van der Waals surface area contributed by atoms with Crippen LogP contribution in [0.2, 0.25) is 0 Å². The molecule has 1 fully saturated rings. The third kappa shape index (κ3) is 2.02. The maximum absolute atomic E-state index is 11.0. The van der Waals surface area contributed by atoms with Gasteiger partial charge in [-0.1, -0.05) is 12.1 Å². The second-order valence-corrected chi connectivity index (χ2v) is 3.98. The number of ether oxygens (including phenoxy) is 1. The van der Waals surface area contributed by atoms with E-state index in [1.807, 2.05) is 24.3 Å². The number of hydrogen-bond donors (Lipinski definition) is 2. The van der Waals surface area contributed by atoms with Crippen molar-refractivity contribution in [2.24, 2.45) is 5.92 Å². The molecule has 16 heavy (non-hydrogen) atoms. The number of carboxylic acids is 1. The number of aliphatic carboxylic acids is 1. The summed E-state index contributed by atoms with van der Waals surface area (Å²) >= 11 is 0. The normalized spacial score (nSPS) is 24.3. The van der Waals surface area contributed by atoms with Crippen molar-refractivity contribution >= 4 is 5.97 Å². The Hall–Kier alpha value is -1.55. The maximum atomic E-state index is 11.0. The van der Waals surface area contributed by atoms with Crippen molar-refractivity contribution in [1.29, 1.82) is 0 Å². The zero-order valence-electron chi connectivity index (χ0n) is 9.14. The van der Waals surface area contributed by atoms with Crippen molar-refractivity contribution in [2.45, 2.75) is 5.92 Å². The van der Waals surface area contributed by atoms with Crippen LogP contribution in [-0.2, 0) is 4.79 Å². The molecule has 2 atom stereocenters. The molecule has 0 aliphatic carbocycles. The molecule has 2 rings (SSSR count). The van der Waals surface area contributed by atoms with Gasteiger partial charge in [-0.05, 0) is 17.7 Å². The van der Waals surface area contributed by atoms with Gasteiger partial charge < -0.3 is 15.2 Å². The molecule has 1 heterocycles. The van der Waals surface area contributed by atoms with E-state index in [4.69, 9.17) is 9.84 Å². The first-order valence-corrected chi connectivity index (χ1v) is 5.30. The van der Waals surface area contributed by atoms with Gasteiger partial charge in [0.1, 0.15) is 5.75 Å². The molecule has 1 aromatic rings. The molecule has 1 aliphatic heterocycles. The predicted octanol–water partition coefficient (Wildman–Crippen LogP) is 1.08. The summed E-state index contributed by atoms with van der Waals surface area (Å²) in [4.78, 5) is 11.0. The SMILES string of the molecule is COc1ccc([C@H]2CNC[C@H]2C(=O)O)cc1. The largest absolute Gasteiger partial charge is 0.497 e. The quantitative estimate of drug-likeness (QED) is 0.802. The van der Waals surface area contributed by atoms with Crippen LogP contribution in [0, 0.1) is 5.92 Å². The van der Waals surface area contributed by atoms with Crippen LogP contribution in [0.15, 0.2) is 24.3 Å². The third-order valence-corrected chi connectivity index (χ3v) is 3.08. The van der Waals surface area contributed by atoms with Crippen molar-refractivity contribution < 1.29 is 14.6 Å². The standard InChI is InChI=1S/C12H15NO3/c1-16-9-4-2-8(3-5-9)10-6-13-7-11(10)12(14)15/h2-5,10-11,13H,6-7H2,1H3,(H,14,15)/t10-,11-/m1/s1. The number of carbonyl (C=O) groups is 1. The van der Waals surface area contributed by atoms with E-state index in [0.29, 0.717) is 6.54 Å². The predicted molar refractivity (Wildman–Crippen MR) is 59.7 cm³/mol. The monoisotopic (exact) mass is 221 g/mol. The van der Waals surface area contributed by atoms with Crippen molar-refractivity contribution in [1.82, 2.24) is 5.32 Å². The minimum absolute atomic E-state index is 0.0587. The molecule has 0 radical (unpaired) electrons. The Morgan fingerprint density at radius 3 is 2.62 bits per heavy atom. The minimum atomic E-state index is -0.731. The van der Waals surface area contributed by atoms with E-state index < -0.39 is 5.97 Å². The Kier molecular flexibility index (Phi) is 3.10. The molecule has 1 aromatic carbocycles. The second-order valence-electron chi connectivity index (χ2n) is 3.98. The van der Waals surface area contributed by atoms with Crippen LogP contribution >= 0.6 is 0 Å². The lowest BCUT2D eigenvalue weighted by atomic mass is 9.89. The molecule has 4 nitrogen and oxygen atoms in total. The molecule has 0 saturated carbocycles. The topological polar surface area (TPSA) is 58.6 Å². The Labute approximate surface area is 94.2 Å². The van der Waals surface area contributed by atoms with E-state index in [0.717, 1.165) is 17.9 Å². The highest BCUT2D eigenvalue weighted by molar-refractivity contribution is 5.72. The fourth-order valence-corrected chi connectivity index (χ4v) is 2.14. The minimum Gasteiger partial charge on any atom is -0.497 e. The number of benzene rings is 1. The van der Waals surface area contributed by atoms with Crippen molar-refractivity contribution in [2.75, 3.05) is 20.2 Å². The molecule has 2 N–H and O–H groups in total. The zero-order chi connectivity index (χ0) is 11.5. The van der Waals surface area contributed by atoms with E-state index in [2.05, 4.69) is 5.32 Å². The van der Waals surface area contributed by atoms with Gasteiger partial charge in [0.2, 0.25) is 0 Å². The lowest BCUT2D eigenvalue weighted by Gasteiger charge is -2.15. The molecule has 0 spiro atoms. The molecule has 1 saturated heterocycles. The van der Waals surface area contributed by atoms with Crippen molar-refractivity contribution in [3.63, 3.8) is 0 Å². The highest BCUT2D eigenvalue weighted by atomic mass is 16.5. The van der Waals surface area contributed by atoms with E-state index in [1.54, 1.807) is 7.11 Å². The third-order valence-electron chi connectivity index (χ3n) is 3.08. The molecular weight excluding hydrogens is 206 g/mol. The molecule has 0 aromatic heterocycles. The van der Waals surface area contributed by atoms with Gasteiger partial charge in [-0.15, -0.1) is 0 Å². The summed E-state index contributed by atoms with van der Waals surface area (Å²) in [7, 11) is 1.62. The fourth-order valence-electron chi connectivity index (χ4n) is 2.14. The number of carboxylic acid groups (broad SMARTS) is 1. The van der Waals surface area contributed by atoms with Crippen LogP contribution < -0.4 is 10.1 Å². The Morgan fingerprint density at radius 1 is 1.38 bits per heavy atom. The van der Waals surface area contributed by atoms with E-state index in [1.165, 1.54) is 0 Å². The summed E-state index contributed by atoms with van der Waals surface area (Å²) < 4.78 is 5.07. The highest BCUT2D eigenvalue weighted by Crippen LogP contribution is 2.29. The lowest BCUT2D eigenvalue weighted by molar-refractivity contribution is -0.141. The summed E-state index contributed by atoms with van der Waals surface area (Å²) in [5, 5.41) is 12.2. The molecule has 0 bridgehead atoms. The molecule has 0 amide bonds. The lowest BCUT2D eigenvalue weighted by Crippen LogP contribution is -2.20. The van der Waals surface area contributed by atoms with Gasteiger partial charge in [0.25, 0.3) is 0 Å². The van der Waals surface area contributed by atoms with Crippen molar-refractivity contribution in [3.8, 4) is 5.75 Å². The van der Waals surface area contributed by atoms with E-state index >= 15 is 0 Å². The highest BCUT2D eigenvalue weighted by Gasteiger charge is 2.33. The van der Waals surface area contributed by atoms with Crippen LogP contribution in [0.3, 0.4) is 0 Å². The van der Waals surface area contributed by atoms with Gasteiger partial charge in [-0.2, -0.15) is 0 Å². The fraction of sp³-hybridized carbons (Fsp3) is 0.417. The number of methoxy groups -OCH3 is 1. The van der Waals surface area contributed by atoms with Crippen molar-refractivity contribution in [3.05, 3.63) is 29.8 Å². The van der Waals surface area contributed by atoms with Gasteiger partial charge >= 0.3 is 5.97 Å². The van der Waals surface area contributed by atoms with Gasteiger partial charge in [0, 0.05) is 19.0 Å². The number of rotatable bonds is 3. The van der Waals surface area contributed by atoms with Gasteiger partial charge in [-0.25, -0.2) is 0 Å². The first-order chi connectivity index (χ1) is 7.72. The summed E-state index contributed by atoms with van der Waals surface area (Å²) in [6, 6.07) is 7.61. The van der Waals surface area contributed by atoms with Crippen LogP contribution in [0.1, 0.15) is 11.5 Å². The Morgan fingerprint density at radius 2 is 2.06 bits per heavy atom. The Bertz CT molecular complexity index is 374. The van der Waals surface area contributed by atoms with Crippen LogP contribution in [0.25, 0.3) is 0 Å². The first-order valence-electron chi connectivity index (χ1n) is 5.30. The maximum Gasteiger partial charge on any atom is 0.308 e. The number of hydrogen-bond acceptors (Lipinski definition) is 3. The zero-order valence-corrected chi connectivity index (χ0v) is 9.14. The summed E-state index contributed by atoms with van der Waals surface area (Å²) in [5.41, 5.74) is 1.05. The second kappa shape index (κ2) is 4.53. The van der Waals surface area contributed by atoms with E-state index in [-0.39, 0.29) is 11.8 Å². The molecule has 0 unspecified atom stereocenters. The Balaban J connectivity index is 2.19. The average molecular weight is 221 g/mol. The van der Waals surface area contributed by atoms with Crippen LogP contribution in [-0.4, -0.2) is 31.3 Å². The molecule has 4 heteroatoms. The van der Waals surface area contributed by atoms with Crippen LogP contribution in [0.5, 0.6) is 5.75 Å². The molecule has 1 aliphatic rings. The van der Waals surface area contributed by atoms with E-state index in [9.17, 15) is 4.79 Å². The average Bonchev–Trinajstić information content (AvgIpc) is 2.78. The van der Waals surface area contributed by atoms with Gasteiger partial charge in [0.15, 0.2) is 0 Å². The smallest absolute Gasteiger partial charge is 0.308 e. The summed E-state index contributed by atoms with van der Waals surface area (Å²) in [5.74, 6) is -0.204.